The van der Waals surface area contributed by atoms with Crippen molar-refractivity contribution in [2.75, 3.05) is 42.4 Å². The Balaban J connectivity index is 1.67. The molecule has 11 nitrogen and oxygen atoms in total. The van der Waals surface area contributed by atoms with Gasteiger partial charge >= 0.3 is 12.0 Å². The Kier molecular flexibility index (Phi) is 10.1. The van der Waals surface area contributed by atoms with Crippen LogP contribution in [0, 0.1) is 6.92 Å². The summed E-state index contributed by atoms with van der Waals surface area (Å²) >= 11 is 0. The van der Waals surface area contributed by atoms with Crippen LogP contribution in [-0.2, 0) is 29.3 Å². The molecule has 1 aliphatic rings. The molecule has 1 unspecified atom stereocenters. The lowest BCUT2D eigenvalue weighted by molar-refractivity contribution is -0.138. The molecule has 1 atom stereocenters. The fourth-order valence-corrected chi connectivity index (χ4v) is 4.96. The van der Waals surface area contributed by atoms with Gasteiger partial charge in [0.25, 0.3) is 5.91 Å². The van der Waals surface area contributed by atoms with Crippen molar-refractivity contribution in [2.24, 2.45) is 0 Å². The number of para-hydroxylation sites is 1. The summed E-state index contributed by atoms with van der Waals surface area (Å²) < 4.78 is 16.1. The second-order valence-electron chi connectivity index (χ2n) is 9.92. The molecule has 1 heterocycles. The van der Waals surface area contributed by atoms with E-state index in [9.17, 15) is 19.2 Å². The quantitative estimate of drug-likeness (QED) is 0.208. The zero-order valence-corrected chi connectivity index (χ0v) is 24.6. The number of urea groups is 1. The molecular weight excluding hydrogens is 552 g/mol. The first-order valence-electron chi connectivity index (χ1n) is 14.0. The van der Waals surface area contributed by atoms with E-state index in [2.05, 4.69) is 16.0 Å². The Morgan fingerprint density at radius 3 is 2.09 bits per heavy atom. The molecule has 11 heteroatoms. The summed E-state index contributed by atoms with van der Waals surface area (Å²) in [5.41, 5.74) is 1.51. The second kappa shape index (κ2) is 14.0. The fraction of sp³-hybridized carbons (Fsp3) is 0.312. The van der Waals surface area contributed by atoms with Gasteiger partial charge in [-0.25, -0.2) is 9.59 Å². The number of rotatable bonds is 12. The number of hydrogen-bond donors (Lipinski definition) is 3. The molecule has 1 aliphatic heterocycles. The van der Waals surface area contributed by atoms with Crippen molar-refractivity contribution in [3.63, 3.8) is 0 Å². The number of nitrogens with zero attached hydrogens (tertiary/aromatic N) is 1. The van der Waals surface area contributed by atoms with E-state index in [4.69, 9.17) is 14.2 Å². The maximum Gasteiger partial charge on any atom is 0.337 e. The van der Waals surface area contributed by atoms with Gasteiger partial charge in [-0.2, -0.15) is 0 Å². The largest absolute Gasteiger partial charge is 0.465 e. The highest BCUT2D eigenvalue weighted by molar-refractivity contribution is 6.13. The Labute approximate surface area is 250 Å². The molecule has 4 amide bonds. The lowest BCUT2D eigenvalue weighted by Crippen LogP contribution is -2.56. The van der Waals surface area contributed by atoms with E-state index in [1.54, 1.807) is 48.5 Å². The Morgan fingerprint density at radius 2 is 1.47 bits per heavy atom. The molecule has 0 saturated carbocycles. The molecule has 0 saturated heterocycles. The second-order valence-corrected chi connectivity index (χ2v) is 9.92. The van der Waals surface area contributed by atoms with Crippen LogP contribution in [0.1, 0.15) is 41.8 Å². The van der Waals surface area contributed by atoms with Gasteiger partial charge in [-0.15, -0.1) is 0 Å². The summed E-state index contributed by atoms with van der Waals surface area (Å²) in [4.78, 5) is 54.5. The van der Waals surface area contributed by atoms with Crippen LogP contribution in [0.3, 0.4) is 0 Å². The Morgan fingerprint density at radius 1 is 0.860 bits per heavy atom. The molecule has 0 bridgehead atoms. The molecule has 0 aliphatic carbocycles. The third-order valence-corrected chi connectivity index (χ3v) is 6.95. The minimum Gasteiger partial charge on any atom is -0.465 e. The van der Waals surface area contributed by atoms with Gasteiger partial charge in [0.1, 0.15) is 0 Å². The predicted molar refractivity (Wildman–Crippen MR) is 162 cm³/mol. The number of nitrogens with one attached hydrogen (secondary N) is 3. The molecule has 0 fully saturated rings. The number of ether oxygens (including phenoxy) is 3. The van der Waals surface area contributed by atoms with Crippen LogP contribution >= 0.6 is 0 Å². The molecule has 3 aromatic rings. The molecule has 0 radical (unpaired) electrons. The Bertz CT molecular complexity index is 1450. The van der Waals surface area contributed by atoms with Crippen LogP contribution in [0.2, 0.25) is 0 Å². The van der Waals surface area contributed by atoms with E-state index in [1.165, 1.54) is 24.1 Å². The summed E-state index contributed by atoms with van der Waals surface area (Å²) in [5.74, 6) is -1.54. The van der Waals surface area contributed by atoms with Gasteiger partial charge in [-0.1, -0.05) is 35.9 Å². The third kappa shape index (κ3) is 7.19. The highest BCUT2D eigenvalue weighted by Crippen LogP contribution is 2.43. The molecule has 3 aromatic carbocycles. The van der Waals surface area contributed by atoms with Gasteiger partial charge in [0.2, 0.25) is 5.91 Å². The minimum absolute atomic E-state index is 0.0527. The lowest BCUT2D eigenvalue weighted by Gasteiger charge is -2.30. The summed E-state index contributed by atoms with van der Waals surface area (Å²) in [6.07, 6.45) is -1.13. The lowest BCUT2D eigenvalue weighted by atomic mass is 9.87. The number of esters is 1. The van der Waals surface area contributed by atoms with E-state index in [1.807, 2.05) is 32.9 Å². The van der Waals surface area contributed by atoms with Crippen LogP contribution in [0.15, 0.2) is 72.8 Å². The molecular formula is C32H36N4O7. The number of aryl methyl sites for hydroxylation is 1. The maximum absolute atomic E-state index is 14.3. The smallest absolute Gasteiger partial charge is 0.337 e. The molecule has 43 heavy (non-hydrogen) atoms. The first kappa shape index (κ1) is 31.2. The van der Waals surface area contributed by atoms with Crippen LogP contribution < -0.4 is 20.9 Å². The first-order valence-corrected chi connectivity index (χ1v) is 14.0. The van der Waals surface area contributed by atoms with Crippen molar-refractivity contribution in [1.29, 1.82) is 0 Å². The van der Waals surface area contributed by atoms with Gasteiger partial charge in [0.15, 0.2) is 11.8 Å². The number of carbonyl (C=O) groups is 4. The standard InChI is InChI=1S/C32H36N4O7/c1-5-42-28(43-6-2)20-36-26-10-8-7-9-25(26)32(30(36)39,35-31(40)34-24-15-11-21(3)12-16-24)19-27(37)33-23-17-13-22(14-18-23)29(38)41-4/h7-18,28H,5-6,19-20H2,1-4H3,(H,33,37)(H2,34,35,40). The van der Waals surface area contributed by atoms with Crippen molar-refractivity contribution in [3.05, 3.63) is 89.5 Å². The molecule has 226 valence electrons. The van der Waals surface area contributed by atoms with Crippen LogP contribution in [0.25, 0.3) is 0 Å². The molecule has 0 aromatic heterocycles. The van der Waals surface area contributed by atoms with Crippen LogP contribution in [0.5, 0.6) is 0 Å². The number of hydrogen-bond acceptors (Lipinski definition) is 7. The van der Waals surface area contributed by atoms with Crippen molar-refractivity contribution < 1.29 is 33.4 Å². The summed E-state index contributed by atoms with van der Waals surface area (Å²) in [6, 6.07) is 19.7. The first-order chi connectivity index (χ1) is 20.7. The Hall–Kier alpha value is -4.74. The number of anilines is 3. The van der Waals surface area contributed by atoms with Gasteiger partial charge in [0, 0.05) is 30.2 Å². The van der Waals surface area contributed by atoms with Crippen LogP contribution in [-0.4, -0.2) is 57.0 Å². The average molecular weight is 589 g/mol. The SMILES string of the molecule is CCOC(CN1C(=O)C(CC(=O)Nc2ccc(C(=O)OC)cc2)(NC(=O)Nc2ccc(C)cc2)c2ccccc21)OCC. The maximum atomic E-state index is 14.3. The van der Waals surface area contributed by atoms with Crippen molar-refractivity contribution >= 4 is 40.9 Å². The van der Waals surface area contributed by atoms with Gasteiger partial charge in [-0.05, 0) is 63.2 Å². The van der Waals surface area contributed by atoms with E-state index in [-0.39, 0.29) is 6.54 Å². The highest BCUT2D eigenvalue weighted by atomic mass is 16.7. The topological polar surface area (TPSA) is 135 Å². The summed E-state index contributed by atoms with van der Waals surface area (Å²) in [6.45, 7) is 6.38. The highest BCUT2D eigenvalue weighted by Gasteiger charge is 2.53. The number of methoxy groups -OCH3 is 1. The predicted octanol–water partition coefficient (Wildman–Crippen LogP) is 4.57. The van der Waals surface area contributed by atoms with Gasteiger partial charge in [0.05, 0.1) is 31.3 Å². The average Bonchev–Trinajstić information content (AvgIpc) is 3.21. The van der Waals surface area contributed by atoms with Crippen molar-refractivity contribution in [1.82, 2.24) is 5.32 Å². The van der Waals surface area contributed by atoms with Gasteiger partial charge < -0.3 is 35.1 Å². The molecule has 0 spiro atoms. The van der Waals surface area contributed by atoms with Gasteiger partial charge in [-0.3, -0.25) is 9.59 Å². The van der Waals surface area contributed by atoms with E-state index in [0.29, 0.717) is 41.4 Å². The van der Waals surface area contributed by atoms with Crippen LogP contribution in [0.4, 0.5) is 21.9 Å². The fourth-order valence-electron chi connectivity index (χ4n) is 4.96. The summed E-state index contributed by atoms with van der Waals surface area (Å²) in [7, 11) is 1.28. The summed E-state index contributed by atoms with van der Waals surface area (Å²) in [5, 5.41) is 8.37. The number of carbonyl (C=O) groups excluding carboxylic acids is 4. The third-order valence-electron chi connectivity index (χ3n) is 6.95. The molecule has 3 N–H and O–H groups in total. The number of benzene rings is 3. The minimum atomic E-state index is -1.75. The molecule has 4 rings (SSSR count). The van der Waals surface area contributed by atoms with E-state index >= 15 is 0 Å². The van der Waals surface area contributed by atoms with Crippen molar-refractivity contribution in [2.45, 2.75) is 39.0 Å². The zero-order chi connectivity index (χ0) is 31.0. The van der Waals surface area contributed by atoms with E-state index < -0.39 is 42.1 Å². The normalized spacial score (nSPS) is 15.7. The van der Waals surface area contributed by atoms with E-state index in [0.717, 1.165) is 5.56 Å². The zero-order valence-electron chi connectivity index (χ0n) is 24.6. The number of amides is 4. The van der Waals surface area contributed by atoms with Crippen molar-refractivity contribution in [3.8, 4) is 0 Å². The number of fused-ring (bicyclic) bond motifs is 1. The monoisotopic (exact) mass is 588 g/mol.